The second-order valence-electron chi connectivity index (χ2n) is 25.8. The molecule has 7 rings (SSSR count). The van der Waals surface area contributed by atoms with Crippen molar-refractivity contribution in [1.82, 2.24) is 55.7 Å². The van der Waals surface area contributed by atoms with Gasteiger partial charge in [-0.05, 0) is 83.1 Å². The van der Waals surface area contributed by atoms with E-state index in [4.69, 9.17) is 30.3 Å². The van der Waals surface area contributed by atoms with Crippen LogP contribution in [0.4, 0.5) is 11.4 Å². The molecule has 4 fully saturated rings. The zero-order valence-corrected chi connectivity index (χ0v) is 54.6. The number of likely N-dealkylation sites (N-methyl/N-ethyl adjacent to an activating group) is 4. The Bertz CT molecular complexity index is 3470. The molecule has 10 atom stereocenters. The van der Waals surface area contributed by atoms with E-state index >= 15 is 9.59 Å². The smallest absolute Gasteiger partial charge is 0.329 e. The predicted octanol–water partition coefficient (Wildman–Crippen LogP) is 0.308. The molecule has 5 heterocycles. The summed E-state index contributed by atoms with van der Waals surface area (Å²) in [5.74, 6) is -12.7. The number of amides is 10. The van der Waals surface area contributed by atoms with Crippen LogP contribution in [0.15, 0.2) is 15.3 Å². The molecule has 0 unspecified atom stereocenters. The third-order valence-electron chi connectivity index (χ3n) is 17.7. The quantitative estimate of drug-likeness (QED) is 0.100. The van der Waals surface area contributed by atoms with Gasteiger partial charge in [0.05, 0.1) is 29.9 Å². The summed E-state index contributed by atoms with van der Waals surface area (Å²) >= 11 is 0. The van der Waals surface area contributed by atoms with Crippen molar-refractivity contribution in [2.45, 2.75) is 169 Å². The van der Waals surface area contributed by atoms with Gasteiger partial charge in [0.2, 0.25) is 52.7 Å². The van der Waals surface area contributed by atoms with E-state index in [0.717, 1.165) is 9.80 Å². The van der Waals surface area contributed by atoms with Crippen molar-refractivity contribution < 1.29 is 71.4 Å². The van der Waals surface area contributed by atoms with Crippen LogP contribution in [0.3, 0.4) is 0 Å². The van der Waals surface area contributed by atoms with Gasteiger partial charge in [-0.3, -0.25) is 52.7 Å². The van der Waals surface area contributed by atoms with Gasteiger partial charge in [0.15, 0.2) is 11.3 Å². The number of cyclic esters (lactones) is 2. The number of fused-ring (bicyclic) bond motifs is 4. The number of carbonyl (C=O) groups is 12. The van der Waals surface area contributed by atoms with Crippen LogP contribution < -0.4 is 38.2 Å². The number of rotatable bonds is 8. The zero-order chi connectivity index (χ0) is 67.8. The van der Waals surface area contributed by atoms with E-state index in [2.05, 4.69) is 21.3 Å². The lowest BCUT2D eigenvalue weighted by atomic mass is 9.98. The molecule has 0 bridgehead atoms. The normalized spacial score (nSPS) is 26.1. The van der Waals surface area contributed by atoms with E-state index in [1.165, 1.54) is 81.6 Å². The summed E-state index contributed by atoms with van der Waals surface area (Å²) in [6, 6.07) is -9.67. The molecule has 29 nitrogen and oxygen atoms in total. The monoisotopic (exact) mass is 1270 g/mol. The number of hydrogen-bond donors (Lipinski definition) is 6. The summed E-state index contributed by atoms with van der Waals surface area (Å²) in [5.41, 5.74) is 9.45. The molecule has 1 aliphatic carbocycles. The Labute approximate surface area is 527 Å². The number of nitrogens with zero attached hydrogens (tertiary/aromatic N) is 7. The molecule has 5 aliphatic heterocycles. The predicted molar refractivity (Wildman–Crippen MR) is 330 cm³/mol. The van der Waals surface area contributed by atoms with Crippen molar-refractivity contribution in [3.05, 3.63) is 38.5 Å². The first-order chi connectivity index (χ1) is 42.5. The van der Waals surface area contributed by atoms with Crippen molar-refractivity contribution in [3.8, 4) is 11.5 Å². The third-order valence-corrected chi connectivity index (χ3v) is 17.7. The molecule has 496 valence electrons. The second kappa shape index (κ2) is 27.7. The minimum atomic E-state index is -1.90. The largest absolute Gasteiger partial charge is 0.458 e. The highest BCUT2D eigenvalue weighted by atomic mass is 16.6. The fourth-order valence-corrected chi connectivity index (χ4v) is 12.4. The molecule has 91 heavy (non-hydrogen) atoms. The Hall–Kier alpha value is -8.92. The molecule has 6 aliphatic rings. The van der Waals surface area contributed by atoms with Gasteiger partial charge in [-0.25, -0.2) is 14.6 Å². The lowest BCUT2D eigenvalue weighted by molar-refractivity contribution is -0.163. The van der Waals surface area contributed by atoms with Crippen molar-refractivity contribution in [1.29, 1.82) is 0 Å². The van der Waals surface area contributed by atoms with Crippen LogP contribution in [-0.4, -0.2) is 220 Å². The average molecular weight is 1270 g/mol. The highest BCUT2D eigenvalue weighted by molar-refractivity contribution is 6.11. The van der Waals surface area contributed by atoms with Gasteiger partial charge in [-0.2, -0.15) is 0 Å². The Morgan fingerprint density at radius 2 is 1.02 bits per heavy atom. The number of benzene rings is 2. The van der Waals surface area contributed by atoms with Gasteiger partial charge < -0.3 is 76.0 Å². The maximum absolute atomic E-state index is 15.2. The Kier molecular flexibility index (Phi) is 21.1. The van der Waals surface area contributed by atoms with Crippen LogP contribution in [-0.2, 0) is 57.4 Å². The van der Waals surface area contributed by atoms with E-state index in [-0.39, 0.29) is 59.6 Å². The van der Waals surface area contributed by atoms with Gasteiger partial charge >= 0.3 is 11.9 Å². The number of hydrogen-bond acceptors (Lipinski definition) is 19. The summed E-state index contributed by atoms with van der Waals surface area (Å²) in [6.45, 7) is 18.1. The first-order valence-corrected chi connectivity index (χ1v) is 30.7. The summed E-state index contributed by atoms with van der Waals surface area (Å²) in [5, 5.41) is 10.6. The summed E-state index contributed by atoms with van der Waals surface area (Å²) in [7, 11) is 5.56. The molecule has 8 N–H and O–H groups in total. The van der Waals surface area contributed by atoms with Crippen LogP contribution >= 0.6 is 0 Å². The van der Waals surface area contributed by atoms with Gasteiger partial charge in [0.25, 0.3) is 11.8 Å². The number of nitrogen functional groups attached to an aromatic ring is 2. The van der Waals surface area contributed by atoms with Crippen LogP contribution in [0.5, 0.6) is 0 Å². The van der Waals surface area contributed by atoms with Crippen molar-refractivity contribution in [2.75, 3.05) is 65.8 Å². The molecular formula is C62H87N13O16. The van der Waals surface area contributed by atoms with Crippen LogP contribution in [0.2, 0.25) is 0 Å². The van der Waals surface area contributed by atoms with E-state index in [9.17, 15) is 52.7 Å². The SMILES string of the molecule is Cc1c2oc3c(C)c(N)cc(C(=O)N[C@@H]4C(=O)N[C@H](C(C)C)C(=O)N5CCC[C@H]5C(=O)N(C)CC(=O)N(C)[C@H](C(C)C)C(=O)O[C@@H]4C)c3nc-2c(C(=O)N[C@@H]2C(=O)N[C@H](C(C)C)C(=O)N3CCC[C@H]3C(=O)N(C)CC(=O)N(C)[C@H](C(C)C)C(=O)O[C@@H]2C)c(N)c1=O. The Morgan fingerprint density at radius 1 is 0.604 bits per heavy atom. The van der Waals surface area contributed by atoms with Gasteiger partial charge in [0.1, 0.15) is 71.8 Å². The van der Waals surface area contributed by atoms with Crippen LogP contribution in [0.1, 0.15) is 127 Å². The molecular weight excluding hydrogens is 1180 g/mol. The molecule has 0 saturated carbocycles. The second-order valence-corrected chi connectivity index (χ2v) is 25.8. The molecule has 0 aromatic heterocycles. The maximum atomic E-state index is 15.2. The number of carbonyl (C=O) groups excluding carboxylic acids is 12. The third kappa shape index (κ3) is 13.9. The lowest BCUT2D eigenvalue weighted by Crippen LogP contribution is -2.61. The highest BCUT2D eigenvalue weighted by Crippen LogP contribution is 2.37. The zero-order valence-electron chi connectivity index (χ0n) is 54.6. The highest BCUT2D eigenvalue weighted by Gasteiger charge is 2.47. The molecule has 1 aromatic rings. The Morgan fingerprint density at radius 3 is 1.43 bits per heavy atom. The van der Waals surface area contributed by atoms with Crippen molar-refractivity contribution >= 4 is 93.5 Å². The molecule has 29 heteroatoms. The standard InChI is InChI=1S/C62H87N13O16/c1-26(2)42-59(85)74-21-17-19-36(74)57(83)70(13)24-38(76)72(15)48(28(5)6)61(87)89-32(11)44(55(81)66-42)68-53(79)34-23-35(63)30(9)51-46(34)65-47-40(41(64)50(78)31(10)52(47)91-51)54(80)69-45-33(12)90-62(88)49(29(7)8)73(16)39(77)25-71(14)58(84)37-20-18-22-75(37)60(86)43(27(3)4)67-56(45)82/h23,26-29,32-33,36-37,42-45,48-49H,17-22,24-25,63-64H2,1-16H3,(H,66,81)(H,67,82)(H,68,79)(H,69,80)/t32-,33-,36+,37+,42-,43-,44+,45+,48-,49-/m1/s1. The number of aryl methyl sites for hydroxylation is 1. The lowest BCUT2D eigenvalue weighted by Gasteiger charge is -2.36. The van der Waals surface area contributed by atoms with Crippen LogP contribution in [0, 0.1) is 37.5 Å². The minimum absolute atomic E-state index is 0.0571. The summed E-state index contributed by atoms with van der Waals surface area (Å²) in [6.07, 6.45) is -1.74. The summed E-state index contributed by atoms with van der Waals surface area (Å²) in [4.78, 5) is 200. The van der Waals surface area contributed by atoms with E-state index < -0.39 is 196 Å². The Balaban J connectivity index is 1.34. The van der Waals surface area contributed by atoms with Crippen LogP contribution in [0.25, 0.3) is 22.6 Å². The fourth-order valence-electron chi connectivity index (χ4n) is 12.4. The van der Waals surface area contributed by atoms with E-state index in [0.29, 0.717) is 12.8 Å². The van der Waals surface area contributed by atoms with Crippen molar-refractivity contribution in [2.24, 2.45) is 23.7 Å². The number of nitrogens with one attached hydrogen (secondary N) is 4. The topological polar surface area (TPSA) is 386 Å². The van der Waals surface area contributed by atoms with Crippen molar-refractivity contribution in [3.63, 3.8) is 0 Å². The van der Waals surface area contributed by atoms with Gasteiger partial charge in [0, 0.05) is 58.1 Å². The molecule has 10 amide bonds. The number of ether oxygens (including phenoxy) is 2. The molecule has 1 aromatic carbocycles. The number of aromatic nitrogens is 1. The summed E-state index contributed by atoms with van der Waals surface area (Å²) < 4.78 is 18.3. The van der Waals surface area contributed by atoms with E-state index in [1.807, 2.05) is 0 Å². The van der Waals surface area contributed by atoms with Gasteiger partial charge in [-0.1, -0.05) is 55.4 Å². The van der Waals surface area contributed by atoms with E-state index in [1.54, 1.807) is 55.4 Å². The average Bonchev–Trinajstić information content (AvgIpc) is 1.33. The molecule has 4 saturated heterocycles. The first kappa shape index (κ1) is 69.6. The fraction of sp³-hybridized carbons (Fsp3) is 0.613. The number of anilines is 2. The van der Waals surface area contributed by atoms with Gasteiger partial charge in [-0.15, -0.1) is 0 Å². The minimum Gasteiger partial charge on any atom is -0.458 e. The number of esters is 2. The molecule has 0 radical (unpaired) electrons. The molecule has 0 spiro atoms. The number of nitrogens with two attached hydrogens (primary N) is 2. The first-order valence-electron chi connectivity index (χ1n) is 30.7. The maximum Gasteiger partial charge on any atom is 0.329 e.